The van der Waals surface area contributed by atoms with Crippen LogP contribution in [-0.4, -0.2) is 65.3 Å². The summed E-state index contributed by atoms with van der Waals surface area (Å²) >= 11 is 0. The van der Waals surface area contributed by atoms with Crippen LogP contribution in [0.25, 0.3) is 0 Å². The number of carbonyl (C=O) groups excluding carboxylic acids is 1. The minimum Gasteiger partial charge on any atom is -0.390 e. The van der Waals surface area contributed by atoms with Gasteiger partial charge in [0, 0.05) is 51.5 Å². The van der Waals surface area contributed by atoms with Gasteiger partial charge in [0.05, 0.1) is 24.5 Å². The van der Waals surface area contributed by atoms with Crippen molar-refractivity contribution in [2.45, 2.75) is 51.9 Å². The topological polar surface area (TPSA) is 76.8 Å². The molecule has 0 aromatic carbocycles. The summed E-state index contributed by atoms with van der Waals surface area (Å²) in [5.41, 5.74) is 3.11. The van der Waals surface area contributed by atoms with Crippen molar-refractivity contribution < 1.29 is 19.4 Å². The molecule has 1 fully saturated rings. The van der Waals surface area contributed by atoms with E-state index < -0.39 is 6.10 Å². The molecule has 0 spiro atoms. The van der Waals surface area contributed by atoms with E-state index in [1.807, 2.05) is 30.5 Å². The van der Waals surface area contributed by atoms with Crippen LogP contribution in [-0.2, 0) is 27.9 Å². The predicted octanol–water partition coefficient (Wildman–Crippen LogP) is 1.19. The van der Waals surface area contributed by atoms with E-state index in [0.717, 1.165) is 17.0 Å². The lowest BCUT2D eigenvalue weighted by Crippen LogP contribution is -2.44. The Morgan fingerprint density at radius 2 is 2.08 bits per heavy atom. The van der Waals surface area contributed by atoms with Gasteiger partial charge in [-0.1, -0.05) is 0 Å². The van der Waals surface area contributed by atoms with E-state index in [2.05, 4.69) is 5.10 Å². The highest BCUT2D eigenvalue weighted by Gasteiger charge is 2.35. The normalized spacial score (nSPS) is 23.7. The average Bonchev–Trinajstić information content (AvgIpc) is 2.84. The summed E-state index contributed by atoms with van der Waals surface area (Å²) in [5, 5.41) is 14.4. The molecular formula is C18H31N3O4. The number of nitrogens with zero attached hydrogens (tertiary/aromatic N) is 3. The first kappa shape index (κ1) is 19.9. The summed E-state index contributed by atoms with van der Waals surface area (Å²) in [5.74, 6) is -0.0175. The lowest BCUT2D eigenvalue weighted by molar-refractivity contribution is -0.142. The lowest BCUT2D eigenvalue weighted by Gasteiger charge is -2.34. The summed E-state index contributed by atoms with van der Waals surface area (Å²) in [6.07, 6.45) is 1.09. The molecule has 1 aliphatic carbocycles. The number of aromatic nitrogens is 2. The zero-order chi connectivity index (χ0) is 18.6. The first-order valence-corrected chi connectivity index (χ1v) is 8.86. The maximum atomic E-state index is 13.1. The molecule has 2 rings (SSSR count). The maximum Gasteiger partial charge on any atom is 0.226 e. The van der Waals surface area contributed by atoms with Crippen molar-refractivity contribution in [3.05, 3.63) is 17.0 Å². The van der Waals surface area contributed by atoms with Crippen LogP contribution in [0.2, 0.25) is 0 Å². The Hall–Kier alpha value is -1.44. The molecule has 0 unspecified atom stereocenters. The quantitative estimate of drug-likeness (QED) is 0.797. The van der Waals surface area contributed by atoms with E-state index in [1.54, 1.807) is 14.2 Å². The Balaban J connectivity index is 2.14. The molecule has 142 valence electrons. The van der Waals surface area contributed by atoms with Gasteiger partial charge in [-0.25, -0.2) is 0 Å². The van der Waals surface area contributed by atoms with Crippen molar-refractivity contribution >= 4 is 5.91 Å². The van der Waals surface area contributed by atoms with Gasteiger partial charge in [-0.05, 0) is 33.1 Å². The smallest absolute Gasteiger partial charge is 0.226 e. The van der Waals surface area contributed by atoms with Crippen LogP contribution in [0.15, 0.2) is 0 Å². The van der Waals surface area contributed by atoms with Gasteiger partial charge >= 0.3 is 0 Å². The SMILES string of the molecule is COCCN(Cc1c(C)nn(C)c1C)C(=O)[C@@H]1CC[C@H](O)[C@H](OC)C1. The molecule has 1 aromatic heterocycles. The molecule has 25 heavy (non-hydrogen) atoms. The monoisotopic (exact) mass is 353 g/mol. The fraction of sp³-hybridized carbons (Fsp3) is 0.778. The molecule has 7 nitrogen and oxygen atoms in total. The number of carbonyl (C=O) groups is 1. The van der Waals surface area contributed by atoms with Crippen LogP contribution in [0.1, 0.15) is 36.2 Å². The van der Waals surface area contributed by atoms with E-state index >= 15 is 0 Å². The second kappa shape index (κ2) is 8.78. The van der Waals surface area contributed by atoms with Crippen LogP contribution in [0, 0.1) is 19.8 Å². The van der Waals surface area contributed by atoms with Gasteiger partial charge in [-0.2, -0.15) is 5.10 Å². The second-order valence-corrected chi connectivity index (χ2v) is 6.88. The molecule has 1 heterocycles. The molecule has 1 N–H and O–H groups in total. The minimum absolute atomic E-state index is 0.105. The largest absolute Gasteiger partial charge is 0.390 e. The Morgan fingerprint density at radius 3 is 2.64 bits per heavy atom. The molecule has 7 heteroatoms. The fourth-order valence-corrected chi connectivity index (χ4v) is 3.55. The predicted molar refractivity (Wildman–Crippen MR) is 94.1 cm³/mol. The molecule has 1 aromatic rings. The summed E-state index contributed by atoms with van der Waals surface area (Å²) in [7, 11) is 5.14. The van der Waals surface area contributed by atoms with Gasteiger partial charge in [0.15, 0.2) is 0 Å². The van der Waals surface area contributed by atoms with Crippen LogP contribution >= 0.6 is 0 Å². The first-order valence-electron chi connectivity index (χ1n) is 8.86. The molecule has 1 aliphatic rings. The highest BCUT2D eigenvalue weighted by atomic mass is 16.5. The van der Waals surface area contributed by atoms with Crippen LogP contribution in [0.5, 0.6) is 0 Å². The first-order chi connectivity index (χ1) is 11.9. The highest BCUT2D eigenvalue weighted by molar-refractivity contribution is 5.79. The van der Waals surface area contributed by atoms with Crippen molar-refractivity contribution in [1.82, 2.24) is 14.7 Å². The average molecular weight is 353 g/mol. The maximum absolute atomic E-state index is 13.1. The van der Waals surface area contributed by atoms with Gasteiger partial charge in [-0.15, -0.1) is 0 Å². The van der Waals surface area contributed by atoms with Crippen molar-refractivity contribution in [3.8, 4) is 0 Å². The van der Waals surface area contributed by atoms with Crippen molar-refractivity contribution in [3.63, 3.8) is 0 Å². The number of hydrogen-bond acceptors (Lipinski definition) is 5. The van der Waals surface area contributed by atoms with Gasteiger partial charge < -0.3 is 19.5 Å². The minimum atomic E-state index is -0.482. The molecular weight excluding hydrogens is 322 g/mol. The van der Waals surface area contributed by atoms with Crippen molar-refractivity contribution in [2.24, 2.45) is 13.0 Å². The Labute approximate surface area is 149 Å². The fourth-order valence-electron chi connectivity index (χ4n) is 3.55. The molecule has 3 atom stereocenters. The molecule has 0 radical (unpaired) electrons. The number of rotatable bonds is 7. The van der Waals surface area contributed by atoms with Crippen molar-refractivity contribution in [1.29, 1.82) is 0 Å². The lowest BCUT2D eigenvalue weighted by atomic mass is 9.84. The summed E-state index contributed by atoms with van der Waals surface area (Å²) in [4.78, 5) is 15.0. The number of hydrogen-bond donors (Lipinski definition) is 1. The van der Waals surface area contributed by atoms with Crippen LogP contribution < -0.4 is 0 Å². The van der Waals surface area contributed by atoms with E-state index in [-0.39, 0.29) is 17.9 Å². The number of aryl methyl sites for hydroxylation is 2. The molecule has 0 aliphatic heterocycles. The number of ether oxygens (including phenoxy) is 2. The van der Waals surface area contributed by atoms with Crippen LogP contribution in [0.4, 0.5) is 0 Å². The van der Waals surface area contributed by atoms with E-state index in [1.165, 1.54) is 0 Å². The summed E-state index contributed by atoms with van der Waals surface area (Å²) in [6, 6.07) is 0. The molecule has 1 amide bonds. The van der Waals surface area contributed by atoms with Gasteiger partial charge in [0.25, 0.3) is 0 Å². The third kappa shape index (κ3) is 4.59. The van der Waals surface area contributed by atoms with Gasteiger partial charge in [-0.3, -0.25) is 9.48 Å². The summed E-state index contributed by atoms with van der Waals surface area (Å²) in [6.45, 7) is 5.56. The van der Waals surface area contributed by atoms with Gasteiger partial charge in [0.2, 0.25) is 5.91 Å². The van der Waals surface area contributed by atoms with E-state index in [4.69, 9.17) is 9.47 Å². The molecule has 0 saturated heterocycles. The summed E-state index contributed by atoms with van der Waals surface area (Å²) < 4.78 is 12.4. The highest BCUT2D eigenvalue weighted by Crippen LogP contribution is 2.29. The van der Waals surface area contributed by atoms with E-state index in [0.29, 0.717) is 39.0 Å². The number of aliphatic hydroxyl groups is 1. The Morgan fingerprint density at radius 1 is 1.36 bits per heavy atom. The standard InChI is InChI=1S/C18H31N3O4/c1-12-15(13(2)20(3)19-12)11-21(8-9-24-4)18(23)14-6-7-16(22)17(10-14)25-5/h14,16-17,22H,6-11H2,1-5H3/t14-,16+,17-/m1/s1. The second-order valence-electron chi connectivity index (χ2n) is 6.88. The van der Waals surface area contributed by atoms with Crippen LogP contribution in [0.3, 0.4) is 0 Å². The molecule has 1 saturated carbocycles. The zero-order valence-corrected chi connectivity index (χ0v) is 16.0. The Bertz CT molecular complexity index is 587. The third-order valence-electron chi connectivity index (χ3n) is 5.29. The number of aliphatic hydroxyl groups excluding tert-OH is 1. The zero-order valence-electron chi connectivity index (χ0n) is 16.0. The van der Waals surface area contributed by atoms with Crippen molar-refractivity contribution in [2.75, 3.05) is 27.4 Å². The number of amides is 1. The van der Waals surface area contributed by atoms with Gasteiger partial charge in [0.1, 0.15) is 0 Å². The molecule has 0 bridgehead atoms. The Kier molecular flexibility index (Phi) is 6.98. The van der Waals surface area contributed by atoms with E-state index in [9.17, 15) is 9.90 Å². The number of methoxy groups -OCH3 is 2. The third-order valence-corrected chi connectivity index (χ3v) is 5.29.